The topological polar surface area (TPSA) is 47.6 Å². The Balaban J connectivity index is 2.02. The summed E-state index contributed by atoms with van der Waals surface area (Å²) in [6, 6.07) is 13.9. The first-order valence-electron chi connectivity index (χ1n) is 7.29. The Labute approximate surface area is 129 Å². The van der Waals surface area contributed by atoms with Crippen molar-refractivity contribution in [2.24, 2.45) is 0 Å². The molecule has 0 fully saturated rings. The van der Waals surface area contributed by atoms with Gasteiger partial charge in [0.1, 0.15) is 13.1 Å². The number of hydrogen-bond acceptors (Lipinski definition) is 3. The maximum atomic E-state index is 10.8. The van der Waals surface area contributed by atoms with Crippen LogP contribution < -0.4 is 4.90 Å². The molecule has 1 heterocycles. The van der Waals surface area contributed by atoms with Gasteiger partial charge in [-0.05, 0) is 12.5 Å². The summed E-state index contributed by atoms with van der Waals surface area (Å²) in [5, 5.41) is 11.0. The molecule has 0 aliphatic heterocycles. The smallest absolute Gasteiger partial charge is 0.324 e. The number of rotatable bonds is 8. The van der Waals surface area contributed by atoms with Crippen molar-refractivity contribution >= 4 is 16.3 Å². The fourth-order valence-corrected chi connectivity index (χ4v) is 3.25. The van der Waals surface area contributed by atoms with E-state index >= 15 is 0 Å². The first-order chi connectivity index (χ1) is 10.2. The maximum Gasteiger partial charge on any atom is 0.324 e. The Morgan fingerprint density at radius 1 is 1.14 bits per heavy atom. The summed E-state index contributed by atoms with van der Waals surface area (Å²) in [4.78, 5) is 13.0. The van der Waals surface area contributed by atoms with E-state index in [9.17, 15) is 10.1 Å². The van der Waals surface area contributed by atoms with E-state index < -0.39 is 0 Å². The number of thiophene rings is 1. The van der Waals surface area contributed by atoms with Crippen molar-refractivity contribution in [3.05, 3.63) is 63.0 Å². The van der Waals surface area contributed by atoms with Crippen LogP contribution in [0.4, 0.5) is 5.00 Å². The molecule has 1 aromatic carbocycles. The molecule has 0 saturated carbocycles. The number of quaternary nitrogens is 1. The second kappa shape index (κ2) is 7.90. The highest BCUT2D eigenvalue weighted by molar-refractivity contribution is 7.15. The highest BCUT2D eigenvalue weighted by atomic mass is 32.1. The molecule has 0 bridgehead atoms. The first kappa shape index (κ1) is 15.7. The van der Waals surface area contributed by atoms with E-state index in [1.807, 2.05) is 12.1 Å². The lowest BCUT2D eigenvalue weighted by atomic mass is 10.2. The van der Waals surface area contributed by atoms with Gasteiger partial charge in [0, 0.05) is 11.6 Å². The summed E-state index contributed by atoms with van der Waals surface area (Å²) in [5.41, 5.74) is 1.31. The molecule has 0 radical (unpaired) electrons. The van der Waals surface area contributed by atoms with Gasteiger partial charge >= 0.3 is 5.00 Å². The summed E-state index contributed by atoms with van der Waals surface area (Å²) in [7, 11) is 0. The molecule has 0 aliphatic rings. The van der Waals surface area contributed by atoms with Crippen LogP contribution in [0, 0.1) is 10.1 Å². The highest BCUT2D eigenvalue weighted by Gasteiger charge is 2.15. The van der Waals surface area contributed by atoms with Crippen molar-refractivity contribution in [1.29, 1.82) is 0 Å². The Morgan fingerprint density at radius 3 is 2.52 bits per heavy atom. The normalized spacial score (nSPS) is 12.2. The lowest BCUT2D eigenvalue weighted by Gasteiger charge is -2.18. The molecule has 0 aliphatic carbocycles. The molecular formula is C16H21N2O2S+. The molecule has 1 atom stereocenters. The summed E-state index contributed by atoms with van der Waals surface area (Å²) in [6.07, 6.45) is 2.35. The summed E-state index contributed by atoms with van der Waals surface area (Å²) in [6.45, 7) is 5.10. The molecule has 0 amide bonds. The standard InChI is InChI=1S/C16H20N2O2S/c1-2-3-11-17(12-14-7-5-4-6-8-14)13-15-9-10-16(21-15)18(19)20/h4-10H,2-3,11-13H2,1H3/p+1. The number of nitrogens with zero attached hydrogens (tertiary/aromatic N) is 1. The molecule has 21 heavy (non-hydrogen) atoms. The van der Waals surface area contributed by atoms with Gasteiger partial charge in [0.15, 0.2) is 0 Å². The minimum absolute atomic E-state index is 0.236. The summed E-state index contributed by atoms with van der Waals surface area (Å²) < 4.78 is 0. The second-order valence-electron chi connectivity index (χ2n) is 5.19. The number of nitrogens with one attached hydrogen (secondary N) is 1. The van der Waals surface area contributed by atoms with Crippen molar-refractivity contribution in [2.45, 2.75) is 32.9 Å². The fourth-order valence-electron chi connectivity index (χ4n) is 2.36. The van der Waals surface area contributed by atoms with Crippen LogP contribution in [0.3, 0.4) is 0 Å². The molecule has 5 heteroatoms. The number of unbranched alkanes of at least 4 members (excludes halogenated alkanes) is 1. The van der Waals surface area contributed by atoms with Crippen molar-refractivity contribution in [1.82, 2.24) is 0 Å². The monoisotopic (exact) mass is 305 g/mol. The average molecular weight is 305 g/mol. The molecule has 1 unspecified atom stereocenters. The molecule has 2 aromatic rings. The zero-order valence-corrected chi connectivity index (χ0v) is 13.1. The van der Waals surface area contributed by atoms with E-state index in [2.05, 4.69) is 31.2 Å². The number of hydrogen-bond donors (Lipinski definition) is 1. The lowest BCUT2D eigenvalue weighted by Crippen LogP contribution is -3.09. The zero-order valence-electron chi connectivity index (χ0n) is 12.2. The van der Waals surface area contributed by atoms with E-state index in [0.717, 1.165) is 24.5 Å². The van der Waals surface area contributed by atoms with E-state index in [1.165, 1.54) is 34.6 Å². The van der Waals surface area contributed by atoms with Crippen LogP contribution in [-0.4, -0.2) is 11.5 Å². The molecule has 0 spiro atoms. The van der Waals surface area contributed by atoms with E-state index in [0.29, 0.717) is 0 Å². The number of nitro groups is 1. The van der Waals surface area contributed by atoms with Crippen LogP contribution in [0.15, 0.2) is 42.5 Å². The molecular weight excluding hydrogens is 284 g/mol. The average Bonchev–Trinajstić information content (AvgIpc) is 2.94. The molecule has 4 nitrogen and oxygen atoms in total. The molecule has 1 aromatic heterocycles. The van der Waals surface area contributed by atoms with Crippen LogP contribution in [0.2, 0.25) is 0 Å². The van der Waals surface area contributed by atoms with Gasteiger partial charge in [-0.15, -0.1) is 0 Å². The SMILES string of the molecule is CCCC[NH+](Cc1ccccc1)Cc1ccc([N+](=O)[O-])s1. The third kappa shape index (κ3) is 4.95. The van der Waals surface area contributed by atoms with Crippen LogP contribution in [0.25, 0.3) is 0 Å². The van der Waals surface area contributed by atoms with Crippen molar-refractivity contribution in [2.75, 3.05) is 6.54 Å². The van der Waals surface area contributed by atoms with Crippen molar-refractivity contribution in [3.63, 3.8) is 0 Å². The van der Waals surface area contributed by atoms with Crippen LogP contribution in [0.5, 0.6) is 0 Å². The second-order valence-corrected chi connectivity index (χ2v) is 6.34. The Kier molecular flexibility index (Phi) is 5.90. The summed E-state index contributed by atoms with van der Waals surface area (Å²) in [5.74, 6) is 0. The van der Waals surface area contributed by atoms with Gasteiger partial charge in [-0.3, -0.25) is 10.1 Å². The molecule has 1 N–H and O–H groups in total. The van der Waals surface area contributed by atoms with Gasteiger partial charge in [-0.25, -0.2) is 0 Å². The molecule has 2 rings (SSSR count). The van der Waals surface area contributed by atoms with Gasteiger partial charge < -0.3 is 4.90 Å². The first-order valence-corrected chi connectivity index (χ1v) is 8.11. The summed E-state index contributed by atoms with van der Waals surface area (Å²) >= 11 is 1.29. The Bertz CT molecular complexity index is 569. The minimum atomic E-state index is -0.308. The number of benzene rings is 1. The fraction of sp³-hybridized carbons (Fsp3) is 0.375. The quantitative estimate of drug-likeness (QED) is 0.602. The lowest BCUT2D eigenvalue weighted by molar-refractivity contribution is -0.927. The van der Waals surface area contributed by atoms with Crippen LogP contribution >= 0.6 is 11.3 Å². The maximum absolute atomic E-state index is 10.8. The van der Waals surface area contributed by atoms with Gasteiger partial charge in [0.25, 0.3) is 0 Å². The van der Waals surface area contributed by atoms with E-state index in [1.54, 1.807) is 6.07 Å². The van der Waals surface area contributed by atoms with Crippen molar-refractivity contribution in [3.8, 4) is 0 Å². The van der Waals surface area contributed by atoms with E-state index in [-0.39, 0.29) is 9.92 Å². The van der Waals surface area contributed by atoms with Crippen molar-refractivity contribution < 1.29 is 9.82 Å². The van der Waals surface area contributed by atoms with Crippen LogP contribution in [-0.2, 0) is 13.1 Å². The predicted molar refractivity (Wildman–Crippen MR) is 85.6 cm³/mol. The van der Waals surface area contributed by atoms with Gasteiger partial charge in [0.2, 0.25) is 0 Å². The third-order valence-corrected chi connectivity index (χ3v) is 4.47. The molecule has 112 valence electrons. The van der Waals surface area contributed by atoms with Gasteiger partial charge in [-0.1, -0.05) is 55.0 Å². The Morgan fingerprint density at radius 2 is 1.90 bits per heavy atom. The predicted octanol–water partition coefficient (Wildman–Crippen LogP) is 3.04. The Hall–Kier alpha value is -1.72. The molecule has 0 saturated heterocycles. The van der Waals surface area contributed by atoms with Gasteiger partial charge in [0.05, 0.1) is 16.3 Å². The van der Waals surface area contributed by atoms with Gasteiger partial charge in [-0.2, -0.15) is 0 Å². The largest absolute Gasteiger partial charge is 0.327 e. The third-order valence-electron chi connectivity index (χ3n) is 3.43. The highest BCUT2D eigenvalue weighted by Crippen LogP contribution is 2.23. The van der Waals surface area contributed by atoms with E-state index in [4.69, 9.17) is 0 Å². The zero-order chi connectivity index (χ0) is 15.1. The van der Waals surface area contributed by atoms with Crippen LogP contribution in [0.1, 0.15) is 30.2 Å². The minimum Gasteiger partial charge on any atom is -0.327 e.